The second-order valence-electron chi connectivity index (χ2n) is 2.90. The second-order valence-corrected chi connectivity index (χ2v) is 2.90. The van der Waals surface area contributed by atoms with Crippen molar-refractivity contribution >= 4 is 5.97 Å². The highest BCUT2D eigenvalue weighted by Gasteiger charge is 2.03. The lowest BCUT2D eigenvalue weighted by molar-refractivity contribution is -0.139. The van der Waals surface area contributed by atoms with Crippen LogP contribution in [0.4, 0.5) is 0 Å². The molecule has 3 heteroatoms. The van der Waals surface area contributed by atoms with Gasteiger partial charge in [-0.2, -0.15) is 0 Å². The molecular formula is C11H13NO2. The van der Waals surface area contributed by atoms with Crippen molar-refractivity contribution in [3.63, 3.8) is 0 Å². The molecule has 74 valence electrons. The van der Waals surface area contributed by atoms with Gasteiger partial charge in [0.1, 0.15) is 0 Å². The van der Waals surface area contributed by atoms with Gasteiger partial charge < -0.3 is 4.74 Å². The second kappa shape index (κ2) is 5.17. The highest BCUT2D eigenvalue weighted by Crippen LogP contribution is 2.04. The smallest absolute Gasteiger partial charge is 0.309 e. The number of hydrogen-bond donors (Lipinski definition) is 0. The number of carbonyl (C=O) groups excluding carboxylic acids is 1. The van der Waals surface area contributed by atoms with Gasteiger partial charge in [-0.25, -0.2) is 0 Å². The van der Waals surface area contributed by atoms with Crippen molar-refractivity contribution in [2.24, 2.45) is 0 Å². The van der Waals surface area contributed by atoms with E-state index in [1.807, 2.05) is 12.1 Å². The van der Waals surface area contributed by atoms with Crippen LogP contribution in [0.5, 0.6) is 0 Å². The Morgan fingerprint density at radius 1 is 1.71 bits per heavy atom. The number of nitrogens with zero attached hydrogens (tertiary/aromatic N) is 1. The molecule has 1 heterocycles. The Labute approximate surface area is 83.4 Å². The zero-order valence-corrected chi connectivity index (χ0v) is 8.19. The van der Waals surface area contributed by atoms with Crippen LogP contribution < -0.4 is 0 Å². The minimum Gasteiger partial charge on any atom is -0.469 e. The summed E-state index contributed by atoms with van der Waals surface area (Å²) in [6.07, 6.45) is 4.49. The fourth-order valence-electron chi connectivity index (χ4n) is 1.14. The maximum atomic E-state index is 11.0. The molecule has 0 bridgehead atoms. The number of aromatic nitrogens is 1. The summed E-state index contributed by atoms with van der Waals surface area (Å²) in [5, 5.41) is 0. The topological polar surface area (TPSA) is 39.2 Å². The fraction of sp³-hybridized carbons (Fsp3) is 0.273. The van der Waals surface area contributed by atoms with Crippen LogP contribution >= 0.6 is 0 Å². The molecule has 1 rings (SSSR count). The van der Waals surface area contributed by atoms with Gasteiger partial charge in [0.05, 0.1) is 13.5 Å². The van der Waals surface area contributed by atoms with Crippen molar-refractivity contribution in [1.29, 1.82) is 0 Å². The third-order valence-corrected chi connectivity index (χ3v) is 1.81. The number of ether oxygens (including phenoxy) is 1. The molecule has 0 spiro atoms. The minimum absolute atomic E-state index is 0.235. The quantitative estimate of drug-likeness (QED) is 0.535. The first-order valence-electron chi connectivity index (χ1n) is 4.37. The highest BCUT2D eigenvalue weighted by molar-refractivity contribution is 5.72. The molecule has 3 nitrogen and oxygen atoms in total. The summed E-state index contributed by atoms with van der Waals surface area (Å²) in [6.45, 7) is 3.63. The predicted octanol–water partition coefficient (Wildman–Crippen LogP) is 1.53. The Balaban J connectivity index is 2.72. The number of rotatable bonds is 4. The van der Waals surface area contributed by atoms with Gasteiger partial charge in [0.25, 0.3) is 0 Å². The van der Waals surface area contributed by atoms with Gasteiger partial charge in [-0.15, -0.1) is 6.58 Å². The average Bonchev–Trinajstić information content (AvgIpc) is 2.19. The van der Waals surface area contributed by atoms with Gasteiger partial charge in [-0.3, -0.25) is 9.78 Å². The Bertz CT molecular complexity index is 334. The number of pyridine rings is 1. The molecule has 14 heavy (non-hydrogen) atoms. The summed E-state index contributed by atoms with van der Waals surface area (Å²) in [6, 6.07) is 3.70. The number of allylic oxidation sites excluding steroid dienone is 1. The van der Waals surface area contributed by atoms with Crippen molar-refractivity contribution in [2.75, 3.05) is 7.11 Å². The molecule has 0 aromatic carbocycles. The minimum atomic E-state index is -0.235. The zero-order valence-electron chi connectivity index (χ0n) is 8.19. The van der Waals surface area contributed by atoms with Crippen molar-refractivity contribution < 1.29 is 9.53 Å². The summed E-state index contributed by atoms with van der Waals surface area (Å²) in [4.78, 5) is 15.1. The number of esters is 1. The average molecular weight is 191 g/mol. The molecule has 0 aliphatic carbocycles. The summed E-state index contributed by atoms with van der Waals surface area (Å²) >= 11 is 0. The van der Waals surface area contributed by atoms with Crippen molar-refractivity contribution in [1.82, 2.24) is 4.98 Å². The maximum absolute atomic E-state index is 11.0. The molecule has 0 amide bonds. The standard InChI is InChI=1S/C11H13NO2/c1-3-4-10-7-9(5-6-12-10)8-11(13)14-2/h3,5-7H,1,4,8H2,2H3. The Morgan fingerprint density at radius 2 is 2.50 bits per heavy atom. The lowest BCUT2D eigenvalue weighted by Gasteiger charge is -2.01. The Kier molecular flexibility index (Phi) is 3.85. The Hall–Kier alpha value is -1.64. The molecule has 0 fully saturated rings. The monoisotopic (exact) mass is 191 g/mol. The molecule has 0 saturated heterocycles. The lowest BCUT2D eigenvalue weighted by Crippen LogP contribution is -2.05. The van der Waals surface area contributed by atoms with Crippen LogP contribution in [0.1, 0.15) is 11.3 Å². The fourth-order valence-corrected chi connectivity index (χ4v) is 1.14. The number of hydrogen-bond acceptors (Lipinski definition) is 3. The molecule has 0 radical (unpaired) electrons. The molecule has 0 aliphatic heterocycles. The van der Waals surface area contributed by atoms with Crippen LogP contribution in [0.25, 0.3) is 0 Å². The summed E-state index contributed by atoms with van der Waals surface area (Å²) in [5.74, 6) is -0.235. The van der Waals surface area contributed by atoms with Gasteiger partial charge in [-0.05, 0) is 17.7 Å². The predicted molar refractivity (Wildman–Crippen MR) is 53.9 cm³/mol. The molecule has 1 aromatic heterocycles. The first-order chi connectivity index (χ1) is 6.76. The van der Waals surface area contributed by atoms with E-state index >= 15 is 0 Å². The number of carbonyl (C=O) groups is 1. The van der Waals surface area contributed by atoms with E-state index < -0.39 is 0 Å². The van der Waals surface area contributed by atoms with E-state index in [0.717, 1.165) is 17.7 Å². The van der Waals surface area contributed by atoms with Crippen LogP contribution in [0.15, 0.2) is 31.0 Å². The summed E-state index contributed by atoms with van der Waals surface area (Å²) in [7, 11) is 1.38. The van der Waals surface area contributed by atoms with Crippen LogP contribution in [0, 0.1) is 0 Å². The maximum Gasteiger partial charge on any atom is 0.309 e. The van der Waals surface area contributed by atoms with E-state index in [-0.39, 0.29) is 5.97 Å². The van der Waals surface area contributed by atoms with Gasteiger partial charge in [0.15, 0.2) is 0 Å². The van der Waals surface area contributed by atoms with Crippen LogP contribution in [-0.2, 0) is 22.4 Å². The molecule has 0 unspecified atom stereocenters. The third kappa shape index (κ3) is 3.01. The van der Waals surface area contributed by atoms with Gasteiger partial charge in [0.2, 0.25) is 0 Å². The van der Waals surface area contributed by atoms with Gasteiger partial charge in [0, 0.05) is 18.3 Å². The number of methoxy groups -OCH3 is 1. The first-order valence-corrected chi connectivity index (χ1v) is 4.37. The lowest BCUT2D eigenvalue weighted by atomic mass is 10.1. The van der Waals surface area contributed by atoms with E-state index in [2.05, 4.69) is 16.3 Å². The van der Waals surface area contributed by atoms with Crippen molar-refractivity contribution in [3.8, 4) is 0 Å². The van der Waals surface area contributed by atoms with Crippen LogP contribution in [0.2, 0.25) is 0 Å². The molecule has 0 saturated carbocycles. The molecule has 1 aromatic rings. The van der Waals surface area contributed by atoms with Crippen LogP contribution in [-0.4, -0.2) is 18.1 Å². The largest absolute Gasteiger partial charge is 0.469 e. The SMILES string of the molecule is C=CCc1cc(CC(=O)OC)ccn1. The van der Waals surface area contributed by atoms with Crippen molar-refractivity contribution in [2.45, 2.75) is 12.8 Å². The van der Waals surface area contributed by atoms with Crippen molar-refractivity contribution in [3.05, 3.63) is 42.2 Å². The van der Waals surface area contributed by atoms with E-state index in [4.69, 9.17) is 0 Å². The summed E-state index contributed by atoms with van der Waals surface area (Å²) in [5.41, 5.74) is 1.84. The van der Waals surface area contributed by atoms with E-state index in [1.54, 1.807) is 12.3 Å². The first kappa shape index (κ1) is 10.4. The third-order valence-electron chi connectivity index (χ3n) is 1.81. The molecule has 0 atom stereocenters. The Morgan fingerprint density at radius 3 is 3.14 bits per heavy atom. The normalized spacial score (nSPS) is 9.50. The van der Waals surface area contributed by atoms with E-state index in [1.165, 1.54) is 7.11 Å². The van der Waals surface area contributed by atoms with Gasteiger partial charge >= 0.3 is 5.97 Å². The molecule has 0 aliphatic rings. The molecule has 0 N–H and O–H groups in total. The van der Waals surface area contributed by atoms with E-state index in [9.17, 15) is 4.79 Å². The van der Waals surface area contributed by atoms with Gasteiger partial charge in [-0.1, -0.05) is 6.08 Å². The zero-order chi connectivity index (χ0) is 10.4. The van der Waals surface area contributed by atoms with E-state index in [0.29, 0.717) is 6.42 Å². The molecular weight excluding hydrogens is 178 g/mol. The van der Waals surface area contributed by atoms with Crippen LogP contribution in [0.3, 0.4) is 0 Å². The highest BCUT2D eigenvalue weighted by atomic mass is 16.5. The summed E-state index contributed by atoms with van der Waals surface area (Å²) < 4.78 is 4.57.